The summed E-state index contributed by atoms with van der Waals surface area (Å²) in [6.45, 7) is 4.49. The van der Waals surface area contributed by atoms with E-state index in [-0.39, 0.29) is 5.38 Å². The van der Waals surface area contributed by atoms with Crippen LogP contribution in [0.3, 0.4) is 0 Å². The fourth-order valence-electron chi connectivity index (χ4n) is 1.13. The van der Waals surface area contributed by atoms with Crippen molar-refractivity contribution in [2.45, 2.75) is 25.6 Å². The van der Waals surface area contributed by atoms with Crippen molar-refractivity contribution < 1.29 is 0 Å². The molecule has 9 heavy (non-hydrogen) atoms. The first-order chi connectivity index (χ1) is 4.20. The SMILES string of the molecule is CC1C=CC(Cl)CC1C. The summed E-state index contributed by atoms with van der Waals surface area (Å²) in [5.41, 5.74) is 0. The van der Waals surface area contributed by atoms with Crippen LogP contribution < -0.4 is 0 Å². The standard InChI is InChI=1S/C8H13Cl/c1-6-3-4-8(9)5-7(6)2/h3-4,6-8H,5H2,1-2H3. The number of allylic oxidation sites excluding steroid dienone is 2. The van der Waals surface area contributed by atoms with Crippen LogP contribution in [0.5, 0.6) is 0 Å². The van der Waals surface area contributed by atoms with Gasteiger partial charge in [-0.1, -0.05) is 26.0 Å². The van der Waals surface area contributed by atoms with E-state index in [0.717, 1.165) is 18.3 Å². The molecule has 0 saturated carbocycles. The Balaban J connectivity index is 2.54. The van der Waals surface area contributed by atoms with E-state index in [1.807, 2.05) is 0 Å². The molecule has 0 fully saturated rings. The summed E-state index contributed by atoms with van der Waals surface area (Å²) >= 11 is 5.89. The summed E-state index contributed by atoms with van der Waals surface area (Å²) in [6.07, 6.45) is 5.46. The van der Waals surface area contributed by atoms with Crippen molar-refractivity contribution in [2.24, 2.45) is 11.8 Å². The van der Waals surface area contributed by atoms with Gasteiger partial charge in [0, 0.05) is 0 Å². The van der Waals surface area contributed by atoms with Crippen LogP contribution in [0.1, 0.15) is 20.3 Å². The second-order valence-electron chi connectivity index (χ2n) is 2.97. The van der Waals surface area contributed by atoms with Crippen LogP contribution in [0.15, 0.2) is 12.2 Å². The quantitative estimate of drug-likeness (QED) is 0.362. The average molecular weight is 145 g/mol. The molecule has 3 atom stereocenters. The number of hydrogen-bond donors (Lipinski definition) is 0. The lowest BCUT2D eigenvalue weighted by atomic mass is 9.87. The highest BCUT2D eigenvalue weighted by Gasteiger charge is 2.17. The molecule has 1 rings (SSSR count). The molecule has 0 heterocycles. The first kappa shape index (κ1) is 7.14. The Labute approximate surface area is 61.9 Å². The van der Waals surface area contributed by atoms with Gasteiger partial charge in [0.2, 0.25) is 0 Å². The van der Waals surface area contributed by atoms with Gasteiger partial charge in [0.05, 0.1) is 5.38 Å². The zero-order chi connectivity index (χ0) is 6.85. The van der Waals surface area contributed by atoms with Crippen molar-refractivity contribution in [2.75, 3.05) is 0 Å². The lowest BCUT2D eigenvalue weighted by Gasteiger charge is -2.22. The fraction of sp³-hybridized carbons (Fsp3) is 0.750. The predicted molar refractivity (Wildman–Crippen MR) is 41.7 cm³/mol. The third kappa shape index (κ3) is 1.72. The molecule has 0 amide bonds. The Hall–Kier alpha value is 0.0300. The first-order valence-corrected chi connectivity index (χ1v) is 3.96. The molecule has 1 aliphatic rings. The molecule has 0 aromatic carbocycles. The molecule has 0 aromatic rings. The van der Waals surface area contributed by atoms with E-state index in [0.29, 0.717) is 0 Å². The van der Waals surface area contributed by atoms with Gasteiger partial charge in [-0.3, -0.25) is 0 Å². The summed E-state index contributed by atoms with van der Waals surface area (Å²) in [5.74, 6) is 1.48. The zero-order valence-electron chi connectivity index (χ0n) is 5.97. The van der Waals surface area contributed by atoms with Crippen LogP contribution in [0.2, 0.25) is 0 Å². The number of rotatable bonds is 0. The number of halogens is 1. The van der Waals surface area contributed by atoms with Gasteiger partial charge >= 0.3 is 0 Å². The fourth-order valence-corrected chi connectivity index (χ4v) is 1.50. The number of alkyl halides is 1. The van der Waals surface area contributed by atoms with Crippen LogP contribution in [0.25, 0.3) is 0 Å². The lowest BCUT2D eigenvalue weighted by Crippen LogP contribution is -2.15. The highest BCUT2D eigenvalue weighted by molar-refractivity contribution is 6.21. The van der Waals surface area contributed by atoms with Crippen molar-refractivity contribution in [1.82, 2.24) is 0 Å². The smallest absolute Gasteiger partial charge is 0.0518 e. The summed E-state index contributed by atoms with van der Waals surface area (Å²) in [5, 5.41) is 0.288. The normalized spacial score (nSPS) is 43.2. The molecular weight excluding hydrogens is 132 g/mol. The van der Waals surface area contributed by atoms with E-state index in [9.17, 15) is 0 Å². The van der Waals surface area contributed by atoms with Crippen molar-refractivity contribution >= 4 is 11.6 Å². The van der Waals surface area contributed by atoms with Gasteiger partial charge in [0.15, 0.2) is 0 Å². The highest BCUT2D eigenvalue weighted by Crippen LogP contribution is 2.26. The Bertz CT molecular complexity index is 118. The predicted octanol–water partition coefficient (Wildman–Crippen LogP) is 2.83. The highest BCUT2D eigenvalue weighted by atomic mass is 35.5. The average Bonchev–Trinajstić information content (AvgIpc) is 1.80. The van der Waals surface area contributed by atoms with Gasteiger partial charge in [0.1, 0.15) is 0 Å². The Morgan fingerprint density at radius 2 is 2.00 bits per heavy atom. The Kier molecular flexibility index (Phi) is 2.18. The second-order valence-corrected chi connectivity index (χ2v) is 3.53. The van der Waals surface area contributed by atoms with Crippen LogP contribution in [0, 0.1) is 11.8 Å². The van der Waals surface area contributed by atoms with Gasteiger partial charge < -0.3 is 0 Å². The molecule has 52 valence electrons. The van der Waals surface area contributed by atoms with Crippen molar-refractivity contribution in [1.29, 1.82) is 0 Å². The van der Waals surface area contributed by atoms with Gasteiger partial charge in [0.25, 0.3) is 0 Å². The van der Waals surface area contributed by atoms with Crippen LogP contribution >= 0.6 is 11.6 Å². The van der Waals surface area contributed by atoms with Crippen LogP contribution in [0.4, 0.5) is 0 Å². The third-order valence-corrected chi connectivity index (χ3v) is 2.44. The van der Waals surface area contributed by atoms with E-state index >= 15 is 0 Å². The molecular formula is C8H13Cl. The summed E-state index contributed by atoms with van der Waals surface area (Å²) < 4.78 is 0. The topological polar surface area (TPSA) is 0 Å². The Morgan fingerprint density at radius 3 is 2.44 bits per heavy atom. The van der Waals surface area contributed by atoms with Gasteiger partial charge in [-0.25, -0.2) is 0 Å². The molecule has 3 unspecified atom stereocenters. The van der Waals surface area contributed by atoms with E-state index < -0.39 is 0 Å². The third-order valence-electron chi connectivity index (χ3n) is 2.12. The maximum absolute atomic E-state index is 5.89. The number of hydrogen-bond acceptors (Lipinski definition) is 0. The minimum atomic E-state index is 0.288. The molecule has 0 nitrogen and oxygen atoms in total. The lowest BCUT2D eigenvalue weighted by molar-refractivity contribution is 0.416. The monoisotopic (exact) mass is 144 g/mol. The molecule has 1 aliphatic carbocycles. The van der Waals surface area contributed by atoms with Crippen LogP contribution in [-0.4, -0.2) is 5.38 Å². The molecule has 0 spiro atoms. The van der Waals surface area contributed by atoms with E-state index in [4.69, 9.17) is 11.6 Å². The summed E-state index contributed by atoms with van der Waals surface area (Å²) in [4.78, 5) is 0. The van der Waals surface area contributed by atoms with Crippen molar-refractivity contribution in [3.63, 3.8) is 0 Å². The summed E-state index contributed by atoms with van der Waals surface area (Å²) in [6, 6.07) is 0. The van der Waals surface area contributed by atoms with Crippen molar-refractivity contribution in [3.8, 4) is 0 Å². The zero-order valence-corrected chi connectivity index (χ0v) is 6.73. The first-order valence-electron chi connectivity index (χ1n) is 3.52. The molecule has 0 bridgehead atoms. The molecule has 0 aromatic heterocycles. The second kappa shape index (κ2) is 2.74. The minimum Gasteiger partial charge on any atom is -0.118 e. The minimum absolute atomic E-state index is 0.288. The molecule has 1 heteroatoms. The maximum Gasteiger partial charge on any atom is 0.0518 e. The maximum atomic E-state index is 5.89. The van der Waals surface area contributed by atoms with Gasteiger partial charge in [-0.15, -0.1) is 11.6 Å². The molecule has 0 radical (unpaired) electrons. The Morgan fingerprint density at radius 1 is 1.33 bits per heavy atom. The molecule has 0 aliphatic heterocycles. The van der Waals surface area contributed by atoms with Crippen molar-refractivity contribution in [3.05, 3.63) is 12.2 Å². The molecule has 0 N–H and O–H groups in total. The largest absolute Gasteiger partial charge is 0.118 e. The molecule has 0 saturated heterocycles. The van der Waals surface area contributed by atoms with Gasteiger partial charge in [-0.2, -0.15) is 0 Å². The van der Waals surface area contributed by atoms with Crippen LogP contribution in [-0.2, 0) is 0 Å². The van der Waals surface area contributed by atoms with E-state index in [1.165, 1.54) is 0 Å². The summed E-state index contributed by atoms with van der Waals surface area (Å²) in [7, 11) is 0. The van der Waals surface area contributed by atoms with E-state index in [2.05, 4.69) is 26.0 Å². The van der Waals surface area contributed by atoms with Gasteiger partial charge in [-0.05, 0) is 18.3 Å². The van der Waals surface area contributed by atoms with E-state index in [1.54, 1.807) is 0 Å².